The van der Waals surface area contributed by atoms with E-state index in [1.165, 1.54) is 0 Å². The maximum Gasteiger partial charge on any atom is 0.140 e. The minimum absolute atomic E-state index is 0.854. The first kappa shape index (κ1) is 8.52. The molecule has 0 amide bonds. The van der Waals surface area contributed by atoms with Gasteiger partial charge in [0.25, 0.3) is 0 Å². The number of rotatable bonds is 3. The molecule has 0 aliphatic carbocycles. The molecule has 1 nitrogen and oxygen atoms in total. The third-order valence-electron chi connectivity index (χ3n) is 2.00. The van der Waals surface area contributed by atoms with E-state index < -0.39 is 0 Å². The average molecular weight is 126 g/mol. The lowest BCUT2D eigenvalue weighted by atomic mass is 10.4. The molecule has 9 heavy (non-hydrogen) atoms. The van der Waals surface area contributed by atoms with E-state index in [4.69, 9.17) is 6.42 Å². The SMILES string of the molecule is C#CC[N+](C)(CC)CC. The second-order valence-electron chi connectivity index (χ2n) is 2.61. The summed E-state index contributed by atoms with van der Waals surface area (Å²) < 4.78 is 0.997. The largest absolute Gasteiger partial charge is 0.316 e. The van der Waals surface area contributed by atoms with Crippen molar-refractivity contribution in [2.75, 3.05) is 26.7 Å². The molecule has 0 aromatic heterocycles. The van der Waals surface area contributed by atoms with Gasteiger partial charge in [-0.25, -0.2) is 0 Å². The van der Waals surface area contributed by atoms with Gasteiger partial charge in [-0.1, -0.05) is 0 Å². The molecule has 0 radical (unpaired) electrons. The Morgan fingerprint density at radius 2 is 1.78 bits per heavy atom. The van der Waals surface area contributed by atoms with E-state index in [0.29, 0.717) is 0 Å². The first-order valence-corrected chi connectivity index (χ1v) is 3.45. The van der Waals surface area contributed by atoms with Crippen LogP contribution in [0.1, 0.15) is 13.8 Å². The van der Waals surface area contributed by atoms with Gasteiger partial charge in [-0.3, -0.25) is 0 Å². The fraction of sp³-hybridized carbons (Fsp3) is 0.750. The van der Waals surface area contributed by atoms with Crippen LogP contribution in [0.3, 0.4) is 0 Å². The zero-order valence-corrected chi connectivity index (χ0v) is 6.65. The fourth-order valence-electron chi connectivity index (χ4n) is 0.668. The summed E-state index contributed by atoms with van der Waals surface area (Å²) in [7, 11) is 2.18. The van der Waals surface area contributed by atoms with Gasteiger partial charge in [-0.15, -0.1) is 6.42 Å². The molecule has 0 rings (SSSR count). The summed E-state index contributed by atoms with van der Waals surface area (Å²) in [5, 5.41) is 0. The van der Waals surface area contributed by atoms with Gasteiger partial charge in [0.05, 0.1) is 20.1 Å². The van der Waals surface area contributed by atoms with Crippen LogP contribution < -0.4 is 0 Å². The number of hydrogen-bond acceptors (Lipinski definition) is 0. The van der Waals surface area contributed by atoms with E-state index in [1.807, 2.05) is 0 Å². The lowest BCUT2D eigenvalue weighted by Gasteiger charge is -2.29. The minimum atomic E-state index is 0.854. The minimum Gasteiger partial charge on any atom is -0.316 e. The summed E-state index contributed by atoms with van der Waals surface area (Å²) in [6.07, 6.45) is 5.20. The molecule has 0 heterocycles. The predicted molar refractivity (Wildman–Crippen MR) is 41.0 cm³/mol. The van der Waals surface area contributed by atoms with E-state index in [2.05, 4.69) is 26.8 Å². The molecule has 0 bridgehead atoms. The van der Waals surface area contributed by atoms with Crippen molar-refractivity contribution < 1.29 is 4.48 Å². The van der Waals surface area contributed by atoms with Crippen molar-refractivity contribution in [3.8, 4) is 12.3 Å². The van der Waals surface area contributed by atoms with E-state index in [9.17, 15) is 0 Å². The third kappa shape index (κ3) is 2.53. The van der Waals surface area contributed by atoms with Crippen LogP contribution in [-0.2, 0) is 0 Å². The molecule has 0 spiro atoms. The maximum atomic E-state index is 5.20. The molecule has 0 unspecified atom stereocenters. The van der Waals surface area contributed by atoms with Crippen molar-refractivity contribution in [3.63, 3.8) is 0 Å². The van der Waals surface area contributed by atoms with Crippen molar-refractivity contribution in [1.29, 1.82) is 0 Å². The van der Waals surface area contributed by atoms with Crippen molar-refractivity contribution in [1.82, 2.24) is 0 Å². The van der Waals surface area contributed by atoms with Crippen molar-refractivity contribution in [3.05, 3.63) is 0 Å². The first-order valence-electron chi connectivity index (χ1n) is 3.45. The zero-order valence-electron chi connectivity index (χ0n) is 6.65. The second kappa shape index (κ2) is 3.53. The maximum absolute atomic E-state index is 5.20. The molecular weight excluding hydrogens is 110 g/mol. The van der Waals surface area contributed by atoms with Crippen LogP contribution in [0.15, 0.2) is 0 Å². The van der Waals surface area contributed by atoms with Crippen LogP contribution in [0.4, 0.5) is 0 Å². The lowest BCUT2D eigenvalue weighted by molar-refractivity contribution is -0.899. The van der Waals surface area contributed by atoms with Crippen LogP contribution in [0.25, 0.3) is 0 Å². The van der Waals surface area contributed by atoms with Crippen molar-refractivity contribution >= 4 is 0 Å². The van der Waals surface area contributed by atoms with E-state index in [0.717, 1.165) is 24.1 Å². The smallest absolute Gasteiger partial charge is 0.140 e. The van der Waals surface area contributed by atoms with Crippen LogP contribution in [0, 0.1) is 12.3 Å². The quantitative estimate of drug-likeness (QED) is 0.392. The van der Waals surface area contributed by atoms with Gasteiger partial charge in [0.1, 0.15) is 6.54 Å². The molecule has 0 atom stereocenters. The summed E-state index contributed by atoms with van der Waals surface area (Å²) >= 11 is 0. The molecule has 0 aromatic carbocycles. The highest BCUT2D eigenvalue weighted by Gasteiger charge is 2.12. The highest BCUT2D eigenvalue weighted by Crippen LogP contribution is 1.97. The molecule has 0 saturated carbocycles. The monoisotopic (exact) mass is 126 g/mol. The molecule has 0 fully saturated rings. The Morgan fingerprint density at radius 1 is 1.33 bits per heavy atom. The number of nitrogens with zero attached hydrogens (tertiary/aromatic N) is 1. The summed E-state index contributed by atoms with van der Waals surface area (Å²) in [5.74, 6) is 2.68. The van der Waals surface area contributed by atoms with Crippen LogP contribution in [-0.4, -0.2) is 31.2 Å². The molecule has 0 aliphatic heterocycles. The normalized spacial score (nSPS) is 10.9. The average Bonchev–Trinajstić information content (AvgIpc) is 1.89. The number of terminal acetylenes is 1. The third-order valence-corrected chi connectivity index (χ3v) is 2.00. The van der Waals surface area contributed by atoms with E-state index in [-0.39, 0.29) is 0 Å². The molecule has 0 saturated heterocycles. The van der Waals surface area contributed by atoms with E-state index in [1.54, 1.807) is 0 Å². The molecule has 52 valence electrons. The summed E-state index contributed by atoms with van der Waals surface area (Å²) in [5.41, 5.74) is 0. The van der Waals surface area contributed by atoms with Crippen LogP contribution in [0.2, 0.25) is 0 Å². The first-order chi connectivity index (χ1) is 4.18. The van der Waals surface area contributed by atoms with Gasteiger partial charge in [0.2, 0.25) is 0 Å². The summed E-state index contributed by atoms with van der Waals surface area (Å²) in [4.78, 5) is 0. The molecule has 0 aromatic rings. The van der Waals surface area contributed by atoms with Crippen LogP contribution >= 0.6 is 0 Å². The Balaban J connectivity index is 3.80. The Morgan fingerprint density at radius 3 is 1.89 bits per heavy atom. The number of hydrogen-bond donors (Lipinski definition) is 0. The molecule has 1 heteroatoms. The fourth-order valence-corrected chi connectivity index (χ4v) is 0.668. The van der Waals surface area contributed by atoms with Crippen molar-refractivity contribution in [2.24, 2.45) is 0 Å². The standard InChI is InChI=1S/C8H16N/c1-5-8-9(4,6-2)7-3/h1H,6-8H2,2-4H3/q+1. The van der Waals surface area contributed by atoms with Gasteiger partial charge < -0.3 is 4.48 Å². The van der Waals surface area contributed by atoms with E-state index >= 15 is 0 Å². The zero-order chi connectivity index (χ0) is 7.33. The molecule has 0 aliphatic rings. The van der Waals surface area contributed by atoms with Crippen molar-refractivity contribution in [2.45, 2.75) is 13.8 Å². The lowest BCUT2D eigenvalue weighted by Crippen LogP contribution is -2.43. The highest BCUT2D eigenvalue weighted by molar-refractivity contribution is 4.83. The van der Waals surface area contributed by atoms with Crippen LogP contribution in [0.5, 0.6) is 0 Å². The predicted octanol–water partition coefficient (Wildman–Crippen LogP) is 1.11. The van der Waals surface area contributed by atoms with Gasteiger partial charge >= 0.3 is 0 Å². The molecular formula is C8H16N+. The Bertz CT molecular complexity index is 106. The summed E-state index contributed by atoms with van der Waals surface area (Å²) in [6, 6.07) is 0. The summed E-state index contributed by atoms with van der Waals surface area (Å²) in [6.45, 7) is 7.44. The van der Waals surface area contributed by atoms with Gasteiger partial charge in [0.15, 0.2) is 0 Å². The number of quaternary nitrogens is 1. The molecule has 0 N–H and O–H groups in total. The van der Waals surface area contributed by atoms with Gasteiger partial charge in [-0.05, 0) is 19.8 Å². The second-order valence-corrected chi connectivity index (χ2v) is 2.61. The Labute approximate surface area is 58.3 Å². The topological polar surface area (TPSA) is 0 Å². The Kier molecular flexibility index (Phi) is 3.34. The highest BCUT2D eigenvalue weighted by atomic mass is 15.3. The Hall–Kier alpha value is -0.480. The van der Waals surface area contributed by atoms with Gasteiger partial charge in [0, 0.05) is 0 Å². The van der Waals surface area contributed by atoms with Gasteiger partial charge in [-0.2, -0.15) is 0 Å².